The van der Waals surface area contributed by atoms with Crippen LogP contribution in [-0.4, -0.2) is 96.7 Å². The Morgan fingerprint density at radius 3 is 0.753 bits per heavy atom. The molecule has 5 atom stereocenters. The molecule has 0 aromatic heterocycles. The Kier molecular flexibility index (Phi) is 68.4. The van der Waals surface area contributed by atoms with Gasteiger partial charge in [-0.25, -0.2) is 9.13 Å². The lowest BCUT2D eigenvalue weighted by Gasteiger charge is -2.21. The van der Waals surface area contributed by atoms with Crippen LogP contribution in [-0.2, 0) is 65.4 Å². The monoisotopic (exact) mass is 1410 g/mol. The van der Waals surface area contributed by atoms with E-state index in [0.717, 1.165) is 135 Å². The van der Waals surface area contributed by atoms with Crippen molar-refractivity contribution in [3.05, 3.63) is 72.9 Å². The number of rotatable bonds is 73. The van der Waals surface area contributed by atoms with Gasteiger partial charge < -0.3 is 33.8 Å². The molecule has 0 bridgehead atoms. The Morgan fingerprint density at radius 2 is 0.495 bits per heavy atom. The van der Waals surface area contributed by atoms with Gasteiger partial charge in [-0.2, -0.15) is 0 Å². The molecule has 0 spiro atoms. The molecule has 0 saturated heterocycles. The fraction of sp³-hybridized carbons (Fsp3) is 0.795. The van der Waals surface area contributed by atoms with E-state index in [1.165, 1.54) is 128 Å². The summed E-state index contributed by atoms with van der Waals surface area (Å²) < 4.78 is 68.5. The molecule has 2 unspecified atom stereocenters. The van der Waals surface area contributed by atoms with E-state index in [9.17, 15) is 43.2 Å². The maximum absolute atomic E-state index is 13.1. The molecule has 0 aliphatic carbocycles. The van der Waals surface area contributed by atoms with Crippen LogP contribution in [0.25, 0.3) is 0 Å². The minimum absolute atomic E-state index is 0.0760. The van der Waals surface area contributed by atoms with Gasteiger partial charge in [-0.3, -0.25) is 37.3 Å². The summed E-state index contributed by atoms with van der Waals surface area (Å²) in [6.45, 7) is 4.80. The van der Waals surface area contributed by atoms with Crippen LogP contribution in [0.15, 0.2) is 72.9 Å². The summed E-state index contributed by atoms with van der Waals surface area (Å²) in [6, 6.07) is 0. The molecule has 0 aliphatic heterocycles. The smallest absolute Gasteiger partial charge is 0.462 e. The number of ether oxygens (including phenoxy) is 4. The Morgan fingerprint density at radius 1 is 0.289 bits per heavy atom. The van der Waals surface area contributed by atoms with Gasteiger partial charge in [0.05, 0.1) is 26.4 Å². The van der Waals surface area contributed by atoms with Crippen molar-refractivity contribution < 1.29 is 80.2 Å². The number of unbranched alkanes of at least 4 members (excludes halogenated alkanes) is 38. The van der Waals surface area contributed by atoms with Gasteiger partial charge in [0.25, 0.3) is 0 Å². The van der Waals surface area contributed by atoms with E-state index < -0.39 is 97.5 Å². The van der Waals surface area contributed by atoms with Crippen LogP contribution >= 0.6 is 15.6 Å². The van der Waals surface area contributed by atoms with Crippen molar-refractivity contribution >= 4 is 39.5 Å². The first-order chi connectivity index (χ1) is 47.2. The molecule has 0 aromatic rings. The van der Waals surface area contributed by atoms with Gasteiger partial charge in [-0.05, 0) is 103 Å². The van der Waals surface area contributed by atoms with Crippen LogP contribution in [0, 0.1) is 0 Å². The molecule has 19 heteroatoms. The second kappa shape index (κ2) is 70.9. The number of allylic oxidation sites excluding steroid dienone is 12. The number of hydrogen-bond acceptors (Lipinski definition) is 15. The quantitative estimate of drug-likeness (QED) is 0.0169. The normalized spacial score (nSPS) is 14.3. The molecule has 0 fully saturated rings. The van der Waals surface area contributed by atoms with Crippen molar-refractivity contribution in [1.29, 1.82) is 0 Å². The molecule has 0 rings (SSSR count). The van der Waals surface area contributed by atoms with E-state index in [1.54, 1.807) is 0 Å². The zero-order chi connectivity index (χ0) is 71.1. The third-order valence-electron chi connectivity index (χ3n) is 16.5. The van der Waals surface area contributed by atoms with Crippen molar-refractivity contribution in [3.8, 4) is 0 Å². The van der Waals surface area contributed by atoms with Crippen molar-refractivity contribution in [2.75, 3.05) is 39.6 Å². The van der Waals surface area contributed by atoms with Crippen LogP contribution in [0.5, 0.6) is 0 Å². The predicted molar refractivity (Wildman–Crippen MR) is 395 cm³/mol. The summed E-state index contributed by atoms with van der Waals surface area (Å²) in [5.41, 5.74) is 0. The molecule has 0 heterocycles. The van der Waals surface area contributed by atoms with Crippen molar-refractivity contribution in [2.24, 2.45) is 0 Å². The Hall–Kier alpha value is -3.50. The zero-order valence-electron chi connectivity index (χ0n) is 61.5. The molecule has 0 saturated carbocycles. The van der Waals surface area contributed by atoms with Gasteiger partial charge in [0.2, 0.25) is 0 Å². The lowest BCUT2D eigenvalue weighted by Crippen LogP contribution is -2.30. The minimum atomic E-state index is -4.98. The largest absolute Gasteiger partial charge is 0.472 e. The Bertz CT molecular complexity index is 2130. The second-order valence-corrected chi connectivity index (χ2v) is 28.9. The first-order valence-electron chi connectivity index (χ1n) is 38.7. The minimum Gasteiger partial charge on any atom is -0.462 e. The molecule has 17 nitrogen and oxygen atoms in total. The highest BCUT2D eigenvalue weighted by molar-refractivity contribution is 7.47. The lowest BCUT2D eigenvalue weighted by atomic mass is 10.0. The second-order valence-electron chi connectivity index (χ2n) is 26.0. The van der Waals surface area contributed by atoms with Crippen LogP contribution in [0.1, 0.15) is 342 Å². The van der Waals surface area contributed by atoms with Crippen LogP contribution in [0.4, 0.5) is 0 Å². The highest BCUT2D eigenvalue weighted by Gasteiger charge is 2.30. The van der Waals surface area contributed by atoms with E-state index in [0.29, 0.717) is 25.7 Å². The number of aliphatic hydroxyl groups is 1. The maximum Gasteiger partial charge on any atom is 0.472 e. The van der Waals surface area contributed by atoms with E-state index >= 15 is 0 Å². The number of hydrogen-bond donors (Lipinski definition) is 3. The first kappa shape index (κ1) is 93.5. The third-order valence-corrected chi connectivity index (χ3v) is 18.4. The summed E-state index contributed by atoms with van der Waals surface area (Å²) in [6.07, 6.45) is 70.2. The van der Waals surface area contributed by atoms with Gasteiger partial charge in [-0.1, -0.05) is 287 Å². The number of carbonyl (C=O) groups is 4. The summed E-state index contributed by atoms with van der Waals surface area (Å²) >= 11 is 0. The fourth-order valence-corrected chi connectivity index (χ4v) is 12.1. The van der Waals surface area contributed by atoms with Gasteiger partial charge in [0.1, 0.15) is 19.3 Å². The van der Waals surface area contributed by atoms with Crippen molar-refractivity contribution in [2.45, 2.75) is 361 Å². The molecule has 0 aliphatic rings. The average Bonchev–Trinajstić information content (AvgIpc) is 1.90. The zero-order valence-corrected chi connectivity index (χ0v) is 63.3. The fourth-order valence-electron chi connectivity index (χ4n) is 10.5. The molecular formula is C78H140O17P2. The lowest BCUT2D eigenvalue weighted by molar-refractivity contribution is -0.161. The summed E-state index contributed by atoms with van der Waals surface area (Å²) in [5.74, 6) is -2.20. The number of carbonyl (C=O) groups excluding carboxylic acids is 4. The third kappa shape index (κ3) is 70.7. The highest BCUT2D eigenvalue weighted by Crippen LogP contribution is 2.45. The van der Waals surface area contributed by atoms with E-state index in [1.807, 2.05) is 0 Å². The first-order valence-corrected chi connectivity index (χ1v) is 41.7. The van der Waals surface area contributed by atoms with Gasteiger partial charge in [0, 0.05) is 25.7 Å². The highest BCUT2D eigenvalue weighted by atomic mass is 31.2. The topological polar surface area (TPSA) is 237 Å². The van der Waals surface area contributed by atoms with Gasteiger partial charge in [-0.15, -0.1) is 0 Å². The van der Waals surface area contributed by atoms with E-state index in [-0.39, 0.29) is 25.7 Å². The van der Waals surface area contributed by atoms with E-state index in [4.69, 9.17) is 37.0 Å². The van der Waals surface area contributed by atoms with Crippen LogP contribution in [0.2, 0.25) is 0 Å². The SMILES string of the molecule is CCCCCC/C=C\C=C/CCCCCCCC(=O)OC[C@H](COP(=O)(O)OC[C@@H](O)COP(=O)(O)OC[C@@H](COC(=O)CCCCCCCCCCCCCC)OC(=O)CCCCCCC/C=C\C=C/CCCCCC)OC(=O)CCCCCCC/C=C\C=C/CCCCCC. The van der Waals surface area contributed by atoms with Gasteiger partial charge in [0.15, 0.2) is 12.2 Å². The summed E-state index contributed by atoms with van der Waals surface area (Å²) in [7, 11) is -9.95. The number of esters is 4. The Balaban J connectivity index is 5.37. The number of phosphoric acid groups is 2. The number of aliphatic hydroxyl groups excluding tert-OH is 1. The maximum atomic E-state index is 13.1. The molecular weight excluding hydrogens is 1270 g/mol. The molecule has 97 heavy (non-hydrogen) atoms. The summed E-state index contributed by atoms with van der Waals surface area (Å²) in [4.78, 5) is 72.8. The van der Waals surface area contributed by atoms with Crippen molar-refractivity contribution in [1.82, 2.24) is 0 Å². The average molecular weight is 1410 g/mol. The molecule has 0 radical (unpaired) electrons. The Labute approximate surface area is 590 Å². The summed E-state index contributed by atoms with van der Waals surface area (Å²) in [5, 5.41) is 10.6. The standard InChI is InChI=1S/C78H140O17P2/c1-5-9-13-17-21-25-29-33-36-39-43-47-51-55-59-63-76(81)89-69-74(95-78(83)65-61-57-53-49-45-41-38-35-31-27-23-19-15-11-7-3)71-93-97(86,87)91-67-72(79)66-90-96(84,85)92-70-73(68-88-75(80)62-58-54-50-46-42-32-28-24-20-16-12-8-4)94-77(82)64-60-56-52-48-44-40-37-34-30-26-22-18-14-10-6-2/h25-27,29-31,33-38,72-74,79H,5-24,28,32,39-71H2,1-4H3,(H,84,85)(H,86,87)/b29-25-,30-26-,31-27-,36-33-,37-34-,38-35-/t72-,73+,74+/m0/s1. The molecule has 3 N–H and O–H groups in total. The molecule has 0 amide bonds. The molecule has 0 aromatic carbocycles. The predicted octanol–water partition coefficient (Wildman–Crippen LogP) is 22.1. The van der Waals surface area contributed by atoms with E-state index in [2.05, 4.69) is 101 Å². The van der Waals surface area contributed by atoms with Gasteiger partial charge >= 0.3 is 39.5 Å². The van der Waals surface area contributed by atoms with Crippen molar-refractivity contribution in [3.63, 3.8) is 0 Å². The van der Waals surface area contributed by atoms with Crippen LogP contribution in [0.3, 0.4) is 0 Å². The van der Waals surface area contributed by atoms with Crippen LogP contribution < -0.4 is 0 Å². The molecule has 564 valence electrons. The number of phosphoric ester groups is 2.